The van der Waals surface area contributed by atoms with E-state index in [0.29, 0.717) is 41.9 Å². The Morgan fingerprint density at radius 1 is 1.03 bits per heavy atom. The van der Waals surface area contributed by atoms with Crippen LogP contribution in [0.25, 0.3) is 22.4 Å². The quantitative estimate of drug-likeness (QED) is 0.288. The van der Waals surface area contributed by atoms with Crippen LogP contribution in [0.2, 0.25) is 0 Å². The van der Waals surface area contributed by atoms with Crippen molar-refractivity contribution in [2.45, 2.75) is 38.9 Å². The third-order valence-corrected chi connectivity index (χ3v) is 6.02. The topological polar surface area (TPSA) is 49.2 Å². The summed E-state index contributed by atoms with van der Waals surface area (Å²) in [6.45, 7) is 4.81. The molecule has 8 heteroatoms. The maximum absolute atomic E-state index is 14.5. The minimum Gasteiger partial charge on any atom is -0.494 e. The van der Waals surface area contributed by atoms with Gasteiger partial charge in [0.05, 0.1) is 19.3 Å². The first kappa shape index (κ1) is 24.7. The first-order chi connectivity index (χ1) is 16.7. The van der Waals surface area contributed by atoms with Gasteiger partial charge in [-0.15, -0.1) is 0 Å². The van der Waals surface area contributed by atoms with Crippen LogP contribution < -0.4 is 4.74 Å². The standard InChI is InChI=1S/C27H28F3N3O2/c1-17(2)18-8-10-19(11-9-18)26-32-24-23(27(28,29)30)20(15-21-7-5-6-12-31-21)16-22(35-4)25(24)33(26)13-14-34-3/h5-12,16-17H,13-15H2,1-4H3. The number of aromatic nitrogens is 3. The van der Waals surface area contributed by atoms with Gasteiger partial charge in [-0.25, -0.2) is 4.98 Å². The SMILES string of the molecule is COCCn1c(-c2ccc(C(C)C)cc2)nc2c(C(F)(F)F)c(Cc3ccccn3)cc(OC)c21. The highest BCUT2D eigenvalue weighted by atomic mass is 19.4. The van der Waals surface area contributed by atoms with Crippen LogP contribution in [0, 0.1) is 0 Å². The third kappa shape index (κ3) is 5.03. The van der Waals surface area contributed by atoms with Crippen LogP contribution >= 0.6 is 0 Å². The van der Waals surface area contributed by atoms with Crippen LogP contribution in [0.1, 0.15) is 42.1 Å². The van der Waals surface area contributed by atoms with E-state index in [1.807, 2.05) is 24.3 Å². The number of fused-ring (bicyclic) bond motifs is 1. The van der Waals surface area contributed by atoms with Gasteiger partial charge >= 0.3 is 6.18 Å². The highest BCUT2D eigenvalue weighted by Crippen LogP contribution is 2.43. The Morgan fingerprint density at radius 2 is 1.77 bits per heavy atom. The second-order valence-corrected chi connectivity index (χ2v) is 8.66. The third-order valence-electron chi connectivity index (χ3n) is 6.02. The molecule has 35 heavy (non-hydrogen) atoms. The van der Waals surface area contributed by atoms with E-state index in [1.54, 1.807) is 36.1 Å². The summed E-state index contributed by atoms with van der Waals surface area (Å²) in [6.07, 6.45) is -3.05. The lowest BCUT2D eigenvalue weighted by Crippen LogP contribution is -2.12. The minimum atomic E-state index is -4.62. The van der Waals surface area contributed by atoms with Crippen molar-refractivity contribution in [3.8, 4) is 17.1 Å². The fourth-order valence-electron chi connectivity index (χ4n) is 4.27. The van der Waals surface area contributed by atoms with E-state index in [-0.39, 0.29) is 17.5 Å². The van der Waals surface area contributed by atoms with Crippen molar-refractivity contribution in [1.82, 2.24) is 14.5 Å². The number of methoxy groups -OCH3 is 2. The van der Waals surface area contributed by atoms with Crippen molar-refractivity contribution in [3.05, 3.63) is 77.1 Å². The molecule has 0 unspecified atom stereocenters. The van der Waals surface area contributed by atoms with E-state index in [4.69, 9.17) is 9.47 Å². The van der Waals surface area contributed by atoms with Crippen LogP contribution in [0.5, 0.6) is 5.75 Å². The molecule has 0 amide bonds. The summed E-state index contributed by atoms with van der Waals surface area (Å²) in [4.78, 5) is 8.79. The summed E-state index contributed by atoms with van der Waals surface area (Å²) < 4.78 is 56.2. The predicted octanol–water partition coefficient (Wildman–Crippen LogP) is 6.49. The minimum absolute atomic E-state index is 0.00529. The lowest BCUT2D eigenvalue weighted by Gasteiger charge is -2.17. The molecule has 0 bridgehead atoms. The zero-order valence-electron chi connectivity index (χ0n) is 20.2. The Kier molecular flexibility index (Phi) is 7.12. The van der Waals surface area contributed by atoms with Crippen LogP contribution in [0.4, 0.5) is 13.2 Å². The van der Waals surface area contributed by atoms with Gasteiger partial charge < -0.3 is 14.0 Å². The molecule has 4 rings (SSSR count). The number of nitrogens with zero attached hydrogens (tertiary/aromatic N) is 3. The molecule has 0 saturated carbocycles. The zero-order chi connectivity index (χ0) is 25.2. The zero-order valence-corrected chi connectivity index (χ0v) is 20.2. The molecule has 0 aliphatic heterocycles. The molecule has 0 fully saturated rings. The van der Waals surface area contributed by atoms with Crippen LogP contribution in [0.3, 0.4) is 0 Å². The Morgan fingerprint density at radius 3 is 2.34 bits per heavy atom. The lowest BCUT2D eigenvalue weighted by molar-refractivity contribution is -0.137. The lowest BCUT2D eigenvalue weighted by atomic mass is 9.99. The van der Waals surface area contributed by atoms with Crippen molar-refractivity contribution in [3.63, 3.8) is 0 Å². The van der Waals surface area contributed by atoms with E-state index >= 15 is 0 Å². The average Bonchev–Trinajstić information content (AvgIpc) is 3.20. The van der Waals surface area contributed by atoms with Gasteiger partial charge in [0, 0.05) is 37.5 Å². The van der Waals surface area contributed by atoms with E-state index < -0.39 is 11.7 Å². The normalized spacial score (nSPS) is 12.0. The van der Waals surface area contributed by atoms with Crippen molar-refractivity contribution in [2.75, 3.05) is 20.8 Å². The van der Waals surface area contributed by atoms with Gasteiger partial charge in [-0.05, 0) is 35.2 Å². The Bertz CT molecular complexity index is 1300. The number of ether oxygens (including phenoxy) is 2. The first-order valence-corrected chi connectivity index (χ1v) is 11.4. The van der Waals surface area contributed by atoms with Crippen molar-refractivity contribution in [2.24, 2.45) is 0 Å². The molecule has 5 nitrogen and oxygen atoms in total. The second-order valence-electron chi connectivity index (χ2n) is 8.66. The molecule has 0 spiro atoms. The molecular weight excluding hydrogens is 455 g/mol. The molecule has 2 heterocycles. The number of hydrogen-bond donors (Lipinski definition) is 0. The summed E-state index contributed by atoms with van der Waals surface area (Å²) >= 11 is 0. The molecule has 0 aliphatic carbocycles. The summed E-state index contributed by atoms with van der Waals surface area (Å²) in [5, 5.41) is 0. The molecule has 184 valence electrons. The molecule has 0 N–H and O–H groups in total. The van der Waals surface area contributed by atoms with Gasteiger partial charge in [-0.2, -0.15) is 13.2 Å². The van der Waals surface area contributed by atoms with Gasteiger partial charge in [0.2, 0.25) is 0 Å². The van der Waals surface area contributed by atoms with Crippen molar-refractivity contribution < 1.29 is 22.6 Å². The predicted molar refractivity (Wildman–Crippen MR) is 130 cm³/mol. The van der Waals surface area contributed by atoms with Gasteiger partial charge in [0.1, 0.15) is 22.6 Å². The first-order valence-electron chi connectivity index (χ1n) is 11.4. The number of pyridine rings is 1. The van der Waals surface area contributed by atoms with Gasteiger partial charge in [-0.3, -0.25) is 4.98 Å². The summed E-state index contributed by atoms with van der Waals surface area (Å²) in [5.41, 5.74) is 1.85. The number of rotatable bonds is 8. The summed E-state index contributed by atoms with van der Waals surface area (Å²) in [6, 6.07) is 14.4. The van der Waals surface area contributed by atoms with Crippen LogP contribution in [-0.4, -0.2) is 35.4 Å². The van der Waals surface area contributed by atoms with Gasteiger partial charge in [-0.1, -0.05) is 44.2 Å². The van der Waals surface area contributed by atoms with Crippen LogP contribution in [0.15, 0.2) is 54.7 Å². The number of hydrogen-bond acceptors (Lipinski definition) is 4. The number of halogens is 3. The fraction of sp³-hybridized carbons (Fsp3) is 0.333. The maximum Gasteiger partial charge on any atom is 0.418 e. The largest absolute Gasteiger partial charge is 0.494 e. The summed E-state index contributed by atoms with van der Waals surface area (Å²) in [7, 11) is 3.01. The average molecular weight is 484 g/mol. The Labute approximate surface area is 202 Å². The van der Waals surface area contributed by atoms with E-state index in [1.165, 1.54) is 13.2 Å². The monoisotopic (exact) mass is 483 g/mol. The molecular formula is C27H28F3N3O2. The Hall–Kier alpha value is -3.39. The highest BCUT2D eigenvalue weighted by molar-refractivity contribution is 5.90. The van der Waals surface area contributed by atoms with Crippen molar-refractivity contribution >= 4 is 11.0 Å². The van der Waals surface area contributed by atoms with Gasteiger partial charge in [0.15, 0.2) is 0 Å². The second kappa shape index (κ2) is 10.1. The molecule has 0 atom stereocenters. The van der Waals surface area contributed by atoms with E-state index in [9.17, 15) is 13.2 Å². The molecule has 0 aliphatic rings. The fourth-order valence-corrected chi connectivity index (χ4v) is 4.27. The van der Waals surface area contributed by atoms with E-state index in [0.717, 1.165) is 11.1 Å². The number of alkyl halides is 3. The maximum atomic E-state index is 14.5. The molecule has 0 saturated heterocycles. The van der Waals surface area contributed by atoms with Crippen LogP contribution in [-0.2, 0) is 23.9 Å². The smallest absolute Gasteiger partial charge is 0.418 e. The number of benzene rings is 2. The molecule has 4 aromatic rings. The van der Waals surface area contributed by atoms with Gasteiger partial charge in [0.25, 0.3) is 0 Å². The molecule has 2 aromatic carbocycles. The number of imidazole rings is 1. The Balaban J connectivity index is 2.00. The van der Waals surface area contributed by atoms with Crippen molar-refractivity contribution in [1.29, 1.82) is 0 Å². The van der Waals surface area contributed by atoms with E-state index in [2.05, 4.69) is 23.8 Å². The molecule has 0 radical (unpaired) electrons. The highest BCUT2D eigenvalue weighted by Gasteiger charge is 2.38. The summed E-state index contributed by atoms with van der Waals surface area (Å²) in [5.74, 6) is 1.10. The molecule has 2 aromatic heterocycles.